The third-order valence-corrected chi connectivity index (χ3v) is 2.65. The van der Waals surface area contributed by atoms with Crippen molar-refractivity contribution in [2.45, 2.75) is 6.10 Å². The fourth-order valence-corrected chi connectivity index (χ4v) is 1.68. The molecule has 4 heteroatoms. The topological polar surface area (TPSA) is 57.5 Å². The third-order valence-electron chi connectivity index (χ3n) is 2.65. The average molecular weight is 246 g/mol. The predicted molar refractivity (Wildman–Crippen MR) is 64.4 cm³/mol. The normalized spacial score (nSPS) is 12.1. The number of aliphatic carboxylic acids is 1. The monoisotopic (exact) mass is 246 g/mol. The van der Waals surface area contributed by atoms with E-state index in [1.54, 1.807) is 30.3 Å². The minimum atomic E-state index is -1.56. The van der Waals surface area contributed by atoms with E-state index in [1.165, 1.54) is 18.2 Å². The molecule has 0 aromatic heterocycles. The van der Waals surface area contributed by atoms with Crippen LogP contribution in [-0.2, 0) is 4.79 Å². The molecule has 0 fully saturated rings. The molecule has 1 atom stereocenters. The van der Waals surface area contributed by atoms with Crippen molar-refractivity contribution in [2.75, 3.05) is 0 Å². The van der Waals surface area contributed by atoms with Crippen LogP contribution in [0.5, 0.6) is 0 Å². The summed E-state index contributed by atoms with van der Waals surface area (Å²) in [5.41, 5.74) is 1.34. The van der Waals surface area contributed by atoms with E-state index in [9.17, 15) is 14.3 Å². The molecule has 92 valence electrons. The maximum absolute atomic E-state index is 13.5. The second-order valence-corrected chi connectivity index (χ2v) is 3.84. The van der Waals surface area contributed by atoms with E-state index in [-0.39, 0.29) is 11.4 Å². The van der Waals surface area contributed by atoms with E-state index in [2.05, 4.69) is 0 Å². The van der Waals surface area contributed by atoms with Crippen LogP contribution < -0.4 is 0 Å². The molecule has 2 N–H and O–H groups in total. The van der Waals surface area contributed by atoms with Crippen LogP contribution in [0.1, 0.15) is 11.7 Å². The predicted octanol–water partition coefficient (Wildman–Crippen LogP) is 2.61. The van der Waals surface area contributed by atoms with Gasteiger partial charge in [-0.15, -0.1) is 0 Å². The van der Waals surface area contributed by atoms with E-state index >= 15 is 0 Å². The first kappa shape index (κ1) is 12.3. The van der Waals surface area contributed by atoms with Gasteiger partial charge in [0, 0.05) is 5.56 Å². The van der Waals surface area contributed by atoms with Crippen LogP contribution in [-0.4, -0.2) is 16.2 Å². The first-order valence-electron chi connectivity index (χ1n) is 5.35. The maximum atomic E-state index is 13.5. The van der Waals surface area contributed by atoms with Gasteiger partial charge in [0.25, 0.3) is 0 Å². The molecule has 0 aliphatic carbocycles. The standard InChI is InChI=1S/C14H11FO3/c15-12-4-2-1-3-11(12)9-5-7-10(8-6-9)13(16)14(17)18/h1-8,13,16H,(H,17,18). The summed E-state index contributed by atoms with van der Waals surface area (Å²) >= 11 is 0. The Hall–Kier alpha value is -2.20. The molecule has 3 nitrogen and oxygen atoms in total. The molecule has 0 aliphatic heterocycles. The Balaban J connectivity index is 2.34. The molecule has 0 bridgehead atoms. The molecule has 2 aromatic rings. The third kappa shape index (κ3) is 2.38. The van der Waals surface area contributed by atoms with Crippen molar-refractivity contribution in [3.05, 3.63) is 59.9 Å². The number of carboxylic acids is 1. The van der Waals surface area contributed by atoms with Gasteiger partial charge in [0.15, 0.2) is 6.10 Å². The van der Waals surface area contributed by atoms with E-state index in [0.29, 0.717) is 11.1 Å². The molecular formula is C14H11FO3. The van der Waals surface area contributed by atoms with Crippen LogP contribution >= 0.6 is 0 Å². The summed E-state index contributed by atoms with van der Waals surface area (Å²) < 4.78 is 13.5. The smallest absolute Gasteiger partial charge is 0.337 e. The zero-order valence-corrected chi connectivity index (χ0v) is 9.38. The van der Waals surface area contributed by atoms with E-state index < -0.39 is 12.1 Å². The Morgan fingerprint density at radius 3 is 2.22 bits per heavy atom. The van der Waals surface area contributed by atoms with Crippen LogP contribution in [0.15, 0.2) is 48.5 Å². The number of carbonyl (C=O) groups is 1. The van der Waals surface area contributed by atoms with Gasteiger partial charge in [-0.25, -0.2) is 9.18 Å². The van der Waals surface area contributed by atoms with Crippen molar-refractivity contribution >= 4 is 5.97 Å². The van der Waals surface area contributed by atoms with Gasteiger partial charge in [0.1, 0.15) is 5.82 Å². The Bertz CT molecular complexity index is 564. The number of hydrogen-bond donors (Lipinski definition) is 2. The largest absolute Gasteiger partial charge is 0.479 e. The minimum Gasteiger partial charge on any atom is -0.479 e. The molecular weight excluding hydrogens is 235 g/mol. The van der Waals surface area contributed by atoms with Gasteiger partial charge in [-0.2, -0.15) is 0 Å². The van der Waals surface area contributed by atoms with E-state index in [4.69, 9.17) is 5.11 Å². The van der Waals surface area contributed by atoms with Crippen LogP contribution in [0, 0.1) is 5.82 Å². The second-order valence-electron chi connectivity index (χ2n) is 3.84. The summed E-state index contributed by atoms with van der Waals surface area (Å²) in [4.78, 5) is 10.6. The summed E-state index contributed by atoms with van der Waals surface area (Å²) in [6.07, 6.45) is -1.56. The average Bonchev–Trinajstić information content (AvgIpc) is 2.38. The zero-order valence-electron chi connectivity index (χ0n) is 9.38. The highest BCUT2D eigenvalue weighted by molar-refractivity contribution is 5.74. The number of rotatable bonds is 3. The maximum Gasteiger partial charge on any atom is 0.337 e. The first-order chi connectivity index (χ1) is 8.59. The van der Waals surface area contributed by atoms with Gasteiger partial charge in [0.2, 0.25) is 0 Å². The number of hydrogen-bond acceptors (Lipinski definition) is 2. The Morgan fingerprint density at radius 1 is 1.06 bits per heavy atom. The summed E-state index contributed by atoms with van der Waals surface area (Å²) in [7, 11) is 0. The minimum absolute atomic E-state index is 0.266. The van der Waals surface area contributed by atoms with E-state index in [1.807, 2.05) is 0 Å². The molecule has 0 saturated carbocycles. The number of carboxylic acid groups (broad SMARTS) is 1. The lowest BCUT2D eigenvalue weighted by Gasteiger charge is -2.07. The molecule has 0 saturated heterocycles. The van der Waals surface area contributed by atoms with Crippen LogP contribution in [0.4, 0.5) is 4.39 Å². The summed E-state index contributed by atoms with van der Waals surface area (Å²) in [6.45, 7) is 0. The first-order valence-corrected chi connectivity index (χ1v) is 5.35. The summed E-state index contributed by atoms with van der Waals surface area (Å²) in [5, 5.41) is 18.0. The SMILES string of the molecule is O=C(O)C(O)c1ccc(-c2ccccc2F)cc1. The zero-order chi connectivity index (χ0) is 13.1. The number of aliphatic hydroxyl groups excluding tert-OH is 1. The molecule has 2 rings (SSSR count). The number of benzene rings is 2. The van der Waals surface area contributed by atoms with Crippen LogP contribution in [0.2, 0.25) is 0 Å². The van der Waals surface area contributed by atoms with Crippen molar-refractivity contribution in [2.24, 2.45) is 0 Å². The second kappa shape index (κ2) is 4.98. The Kier molecular flexibility index (Phi) is 3.39. The molecule has 1 unspecified atom stereocenters. The van der Waals surface area contributed by atoms with Crippen molar-refractivity contribution in [1.29, 1.82) is 0 Å². The van der Waals surface area contributed by atoms with Gasteiger partial charge in [0.05, 0.1) is 0 Å². The Labute approximate surface area is 103 Å². The van der Waals surface area contributed by atoms with Crippen LogP contribution in [0.25, 0.3) is 11.1 Å². The van der Waals surface area contributed by atoms with Crippen molar-refractivity contribution in [3.8, 4) is 11.1 Å². The van der Waals surface area contributed by atoms with Gasteiger partial charge in [-0.1, -0.05) is 42.5 Å². The van der Waals surface area contributed by atoms with Crippen molar-refractivity contribution in [1.82, 2.24) is 0 Å². The number of aliphatic hydroxyl groups is 1. The summed E-state index contributed by atoms with van der Waals surface area (Å²) in [5.74, 6) is -1.65. The summed E-state index contributed by atoms with van der Waals surface area (Å²) in [6, 6.07) is 12.4. The van der Waals surface area contributed by atoms with Crippen molar-refractivity contribution < 1.29 is 19.4 Å². The molecule has 0 spiro atoms. The fourth-order valence-electron chi connectivity index (χ4n) is 1.68. The molecule has 2 aromatic carbocycles. The van der Waals surface area contributed by atoms with Gasteiger partial charge in [-0.05, 0) is 17.2 Å². The van der Waals surface area contributed by atoms with Gasteiger partial charge < -0.3 is 10.2 Å². The fraction of sp³-hybridized carbons (Fsp3) is 0.0714. The highest BCUT2D eigenvalue weighted by Crippen LogP contribution is 2.24. The lowest BCUT2D eigenvalue weighted by atomic mass is 10.0. The Morgan fingerprint density at radius 2 is 1.67 bits per heavy atom. The molecule has 0 aliphatic rings. The quantitative estimate of drug-likeness (QED) is 0.875. The van der Waals surface area contributed by atoms with Gasteiger partial charge in [-0.3, -0.25) is 0 Å². The van der Waals surface area contributed by atoms with Gasteiger partial charge >= 0.3 is 5.97 Å². The van der Waals surface area contributed by atoms with Crippen molar-refractivity contribution in [3.63, 3.8) is 0 Å². The molecule has 0 amide bonds. The van der Waals surface area contributed by atoms with Crippen LogP contribution in [0.3, 0.4) is 0 Å². The molecule has 0 heterocycles. The number of halogens is 1. The molecule has 0 radical (unpaired) electrons. The highest BCUT2D eigenvalue weighted by Gasteiger charge is 2.15. The molecule has 18 heavy (non-hydrogen) atoms. The lowest BCUT2D eigenvalue weighted by Crippen LogP contribution is -2.10. The lowest BCUT2D eigenvalue weighted by molar-refractivity contribution is -0.146. The van der Waals surface area contributed by atoms with E-state index in [0.717, 1.165) is 0 Å². The highest BCUT2D eigenvalue weighted by atomic mass is 19.1.